The number of hydrogen-bond acceptors (Lipinski definition) is 4. The third-order valence-corrected chi connectivity index (χ3v) is 3.75. The first-order chi connectivity index (χ1) is 9.85. The largest absolute Gasteiger partial charge is 0.389 e. The van der Waals surface area contributed by atoms with Gasteiger partial charge in [0, 0.05) is 44.8 Å². The highest BCUT2D eigenvalue weighted by molar-refractivity contribution is 5.94. The lowest BCUT2D eigenvalue weighted by Gasteiger charge is -2.37. The molecule has 1 aromatic carbocycles. The van der Waals surface area contributed by atoms with Gasteiger partial charge in [0.25, 0.3) is 0 Å². The molecule has 0 bridgehead atoms. The van der Waals surface area contributed by atoms with Crippen molar-refractivity contribution in [2.75, 3.05) is 32.7 Å². The van der Waals surface area contributed by atoms with E-state index in [9.17, 15) is 9.90 Å². The molecule has 0 unspecified atom stereocenters. The Hall–Kier alpha value is -1.43. The van der Waals surface area contributed by atoms with Crippen molar-refractivity contribution in [3.8, 4) is 0 Å². The smallest absolute Gasteiger partial charge is 0.249 e. The van der Waals surface area contributed by atoms with E-state index in [0.717, 1.165) is 38.3 Å². The molecule has 1 aromatic rings. The van der Waals surface area contributed by atoms with E-state index in [1.54, 1.807) is 6.07 Å². The summed E-state index contributed by atoms with van der Waals surface area (Å²) in [7, 11) is 0. The van der Waals surface area contributed by atoms with Crippen molar-refractivity contribution in [3.63, 3.8) is 0 Å². The fraction of sp³-hybridized carbons (Fsp3) is 0.562. The van der Waals surface area contributed by atoms with Crippen LogP contribution in [-0.4, -0.2) is 59.1 Å². The molecule has 0 aliphatic carbocycles. The third kappa shape index (κ3) is 4.81. The zero-order valence-electron chi connectivity index (χ0n) is 12.9. The molecule has 0 aromatic heterocycles. The zero-order valence-corrected chi connectivity index (χ0v) is 12.9. The molecule has 1 saturated heterocycles. The molecule has 2 rings (SSSR count). The molecule has 0 spiro atoms. The number of carbonyl (C=O) groups is 1. The van der Waals surface area contributed by atoms with Crippen LogP contribution in [0.1, 0.15) is 29.8 Å². The number of hydrogen-bond donors (Lipinski definition) is 2. The van der Waals surface area contributed by atoms with Crippen LogP contribution in [0.3, 0.4) is 0 Å². The monoisotopic (exact) mass is 291 g/mol. The van der Waals surface area contributed by atoms with Crippen LogP contribution >= 0.6 is 0 Å². The molecular weight excluding hydrogens is 266 g/mol. The van der Waals surface area contributed by atoms with E-state index in [-0.39, 0.29) is 5.91 Å². The summed E-state index contributed by atoms with van der Waals surface area (Å²) >= 11 is 0. The number of primary amides is 1. The molecule has 0 saturated carbocycles. The Kier molecular flexibility index (Phi) is 4.98. The fourth-order valence-electron chi connectivity index (χ4n) is 2.79. The Labute approximate surface area is 126 Å². The van der Waals surface area contributed by atoms with Crippen LogP contribution in [0.25, 0.3) is 0 Å². The van der Waals surface area contributed by atoms with Crippen LogP contribution in [0.4, 0.5) is 0 Å². The van der Waals surface area contributed by atoms with Gasteiger partial charge in [0.1, 0.15) is 0 Å². The maximum Gasteiger partial charge on any atom is 0.249 e. The van der Waals surface area contributed by atoms with E-state index in [4.69, 9.17) is 5.73 Å². The molecule has 3 N–H and O–H groups in total. The van der Waals surface area contributed by atoms with E-state index in [1.807, 2.05) is 32.0 Å². The minimum absolute atomic E-state index is 0.369. The highest BCUT2D eigenvalue weighted by atomic mass is 16.3. The highest BCUT2D eigenvalue weighted by Crippen LogP contribution is 2.14. The van der Waals surface area contributed by atoms with Crippen molar-refractivity contribution >= 4 is 5.91 Å². The predicted molar refractivity (Wildman–Crippen MR) is 83.0 cm³/mol. The average Bonchev–Trinajstić information content (AvgIpc) is 2.40. The SMILES string of the molecule is CC(C)(O)CN1CCN(Cc2ccccc2C(N)=O)CC1. The summed E-state index contributed by atoms with van der Waals surface area (Å²) in [4.78, 5) is 16.0. The molecule has 1 amide bonds. The van der Waals surface area contributed by atoms with Gasteiger partial charge in [-0.25, -0.2) is 0 Å². The molecule has 116 valence electrons. The first-order valence-corrected chi connectivity index (χ1v) is 7.40. The van der Waals surface area contributed by atoms with Crippen molar-refractivity contribution in [2.24, 2.45) is 5.73 Å². The van der Waals surface area contributed by atoms with Gasteiger partial charge in [-0.15, -0.1) is 0 Å². The Morgan fingerprint density at radius 3 is 2.33 bits per heavy atom. The van der Waals surface area contributed by atoms with Crippen LogP contribution in [0, 0.1) is 0 Å². The Morgan fingerprint density at radius 2 is 1.76 bits per heavy atom. The molecule has 5 heteroatoms. The van der Waals surface area contributed by atoms with Gasteiger partial charge in [-0.1, -0.05) is 18.2 Å². The van der Waals surface area contributed by atoms with Crippen molar-refractivity contribution in [1.82, 2.24) is 9.80 Å². The number of piperazine rings is 1. The molecule has 1 heterocycles. The van der Waals surface area contributed by atoms with E-state index < -0.39 is 5.60 Å². The van der Waals surface area contributed by atoms with Gasteiger partial charge >= 0.3 is 0 Å². The highest BCUT2D eigenvalue weighted by Gasteiger charge is 2.23. The summed E-state index contributed by atoms with van der Waals surface area (Å²) in [5, 5.41) is 9.86. The molecule has 0 radical (unpaired) electrons. The summed E-state index contributed by atoms with van der Waals surface area (Å²) < 4.78 is 0. The summed E-state index contributed by atoms with van der Waals surface area (Å²) in [5.41, 5.74) is 6.36. The minimum atomic E-state index is -0.652. The zero-order chi connectivity index (χ0) is 15.5. The summed E-state index contributed by atoms with van der Waals surface area (Å²) in [6.07, 6.45) is 0. The number of rotatable bonds is 5. The maximum atomic E-state index is 11.4. The number of aliphatic hydroxyl groups is 1. The second-order valence-electron chi connectivity index (χ2n) is 6.39. The number of β-amino-alcohol motifs (C(OH)–C–C–N with tert-alkyl or cyclic N) is 1. The molecule has 21 heavy (non-hydrogen) atoms. The van der Waals surface area contributed by atoms with Crippen molar-refractivity contribution in [2.45, 2.75) is 26.0 Å². The minimum Gasteiger partial charge on any atom is -0.389 e. The number of nitrogens with zero attached hydrogens (tertiary/aromatic N) is 2. The molecule has 1 aliphatic rings. The number of nitrogens with two attached hydrogens (primary N) is 1. The third-order valence-electron chi connectivity index (χ3n) is 3.75. The molecule has 1 fully saturated rings. The van der Waals surface area contributed by atoms with E-state index >= 15 is 0 Å². The van der Waals surface area contributed by atoms with Crippen molar-refractivity contribution < 1.29 is 9.90 Å². The summed E-state index contributed by atoms with van der Waals surface area (Å²) in [6, 6.07) is 7.52. The number of carbonyl (C=O) groups excluding carboxylic acids is 1. The van der Waals surface area contributed by atoms with Gasteiger partial charge in [0.15, 0.2) is 0 Å². The Balaban J connectivity index is 1.91. The van der Waals surface area contributed by atoms with Crippen LogP contribution in [0.2, 0.25) is 0 Å². The quantitative estimate of drug-likeness (QED) is 0.837. The van der Waals surface area contributed by atoms with Crippen LogP contribution < -0.4 is 5.73 Å². The van der Waals surface area contributed by atoms with Gasteiger partial charge in [-0.2, -0.15) is 0 Å². The number of benzene rings is 1. The molecule has 5 nitrogen and oxygen atoms in total. The van der Waals surface area contributed by atoms with Crippen LogP contribution in [0.15, 0.2) is 24.3 Å². The topological polar surface area (TPSA) is 69.8 Å². The second-order valence-corrected chi connectivity index (χ2v) is 6.39. The predicted octanol–water partition coefficient (Wildman–Crippen LogP) is 0.674. The van der Waals surface area contributed by atoms with Gasteiger partial charge in [-0.05, 0) is 25.5 Å². The summed E-state index contributed by atoms with van der Waals surface area (Å²) in [6.45, 7) is 8.84. The van der Waals surface area contributed by atoms with Gasteiger partial charge in [0.2, 0.25) is 5.91 Å². The average molecular weight is 291 g/mol. The van der Waals surface area contributed by atoms with Gasteiger partial charge in [-0.3, -0.25) is 14.6 Å². The fourth-order valence-corrected chi connectivity index (χ4v) is 2.79. The Morgan fingerprint density at radius 1 is 1.19 bits per heavy atom. The standard InChI is InChI=1S/C16H25N3O2/c1-16(2,21)12-19-9-7-18(8-10-19)11-13-5-3-4-6-14(13)15(17)20/h3-6,21H,7-12H2,1-2H3,(H2,17,20). The van der Waals surface area contributed by atoms with E-state index in [1.165, 1.54) is 0 Å². The summed E-state index contributed by atoms with van der Waals surface area (Å²) in [5.74, 6) is -0.369. The van der Waals surface area contributed by atoms with Crippen molar-refractivity contribution in [3.05, 3.63) is 35.4 Å². The van der Waals surface area contributed by atoms with Crippen LogP contribution in [-0.2, 0) is 6.54 Å². The number of amides is 1. The lowest BCUT2D eigenvalue weighted by molar-refractivity contribution is 0.0166. The molecule has 1 aliphatic heterocycles. The van der Waals surface area contributed by atoms with Crippen molar-refractivity contribution in [1.29, 1.82) is 0 Å². The second kappa shape index (κ2) is 6.56. The molecule has 0 atom stereocenters. The Bertz CT molecular complexity index is 489. The van der Waals surface area contributed by atoms with E-state index in [2.05, 4.69) is 9.80 Å². The first-order valence-electron chi connectivity index (χ1n) is 7.40. The normalized spacial score (nSPS) is 17.9. The maximum absolute atomic E-state index is 11.4. The van der Waals surface area contributed by atoms with E-state index in [0.29, 0.717) is 12.1 Å². The van der Waals surface area contributed by atoms with Gasteiger partial charge < -0.3 is 10.8 Å². The molecular formula is C16H25N3O2. The lowest BCUT2D eigenvalue weighted by atomic mass is 10.1. The van der Waals surface area contributed by atoms with Gasteiger partial charge in [0.05, 0.1) is 5.60 Å². The first kappa shape index (κ1) is 15.9. The van der Waals surface area contributed by atoms with Crippen LogP contribution in [0.5, 0.6) is 0 Å². The lowest BCUT2D eigenvalue weighted by Crippen LogP contribution is -2.50.